The van der Waals surface area contributed by atoms with Crippen LogP contribution in [0.5, 0.6) is 0 Å². The molecule has 1 aliphatic rings. The Morgan fingerprint density at radius 3 is 2.29 bits per heavy atom. The minimum atomic E-state index is -0.792. The number of likely N-dealkylation sites (tertiary alicyclic amines) is 1. The summed E-state index contributed by atoms with van der Waals surface area (Å²) in [6.45, 7) is 8.39. The maximum Gasteiger partial charge on any atom is 0.311 e. The van der Waals surface area contributed by atoms with Gasteiger partial charge in [0.15, 0.2) is 0 Å². The van der Waals surface area contributed by atoms with E-state index in [1.807, 2.05) is 27.7 Å². The third kappa shape index (κ3) is 2.68. The van der Waals surface area contributed by atoms with Crippen molar-refractivity contribution in [2.75, 3.05) is 13.1 Å². The van der Waals surface area contributed by atoms with Gasteiger partial charge in [0.05, 0.1) is 5.41 Å². The lowest BCUT2D eigenvalue weighted by Crippen LogP contribution is -2.40. The summed E-state index contributed by atoms with van der Waals surface area (Å²) in [6.07, 6.45) is 2.11. The Hall–Kier alpha value is -1.32. The molecule has 96 valence electrons. The third-order valence-corrected chi connectivity index (χ3v) is 3.56. The molecule has 1 unspecified atom stereocenters. The molecule has 1 fully saturated rings. The van der Waals surface area contributed by atoms with E-state index in [1.54, 1.807) is 11.0 Å². The lowest BCUT2D eigenvalue weighted by Gasteiger charge is -2.28. The molecular weight excluding hydrogens is 218 g/mol. The number of carbonyl (C=O) groups is 2. The standard InChI is InChI=1S/C13H21NO3/c1-9(2)7-11(15)14-6-5-13(8-14,10(3)4)12(16)17/h7,10H,5-6,8H2,1-4H3,(H,16,17). The first-order chi connectivity index (χ1) is 7.79. The maximum absolute atomic E-state index is 11.8. The summed E-state index contributed by atoms with van der Waals surface area (Å²) in [7, 11) is 0. The smallest absolute Gasteiger partial charge is 0.311 e. The van der Waals surface area contributed by atoms with Gasteiger partial charge in [0.25, 0.3) is 0 Å². The van der Waals surface area contributed by atoms with E-state index in [0.717, 1.165) is 5.57 Å². The minimum Gasteiger partial charge on any atom is -0.481 e. The highest BCUT2D eigenvalue weighted by Gasteiger charge is 2.48. The molecule has 0 saturated carbocycles. The Bertz CT molecular complexity index is 356. The Morgan fingerprint density at radius 1 is 1.35 bits per heavy atom. The van der Waals surface area contributed by atoms with Crippen LogP contribution in [0.4, 0.5) is 0 Å². The van der Waals surface area contributed by atoms with Crippen molar-refractivity contribution in [2.45, 2.75) is 34.1 Å². The van der Waals surface area contributed by atoms with Gasteiger partial charge in [-0.2, -0.15) is 0 Å². The molecule has 1 aliphatic heterocycles. The molecule has 1 amide bonds. The fraction of sp³-hybridized carbons (Fsp3) is 0.692. The molecule has 1 saturated heterocycles. The van der Waals surface area contributed by atoms with E-state index in [0.29, 0.717) is 19.5 Å². The number of hydrogen-bond acceptors (Lipinski definition) is 2. The predicted molar refractivity (Wildman–Crippen MR) is 65.5 cm³/mol. The van der Waals surface area contributed by atoms with Gasteiger partial charge in [-0.15, -0.1) is 0 Å². The van der Waals surface area contributed by atoms with Crippen LogP contribution in [0.3, 0.4) is 0 Å². The van der Waals surface area contributed by atoms with Gasteiger partial charge >= 0.3 is 5.97 Å². The Labute approximate surface area is 102 Å². The lowest BCUT2D eigenvalue weighted by atomic mass is 9.76. The number of nitrogens with zero attached hydrogens (tertiary/aromatic N) is 1. The van der Waals surface area contributed by atoms with Crippen LogP contribution in [0.2, 0.25) is 0 Å². The van der Waals surface area contributed by atoms with Gasteiger partial charge < -0.3 is 10.0 Å². The number of hydrogen-bond donors (Lipinski definition) is 1. The second kappa shape index (κ2) is 4.90. The molecule has 1 rings (SSSR count). The molecule has 1 heterocycles. The molecule has 0 radical (unpaired) electrons. The fourth-order valence-corrected chi connectivity index (χ4v) is 2.25. The molecule has 0 aromatic rings. The Balaban J connectivity index is 2.84. The van der Waals surface area contributed by atoms with E-state index in [1.165, 1.54) is 0 Å². The maximum atomic E-state index is 11.8. The summed E-state index contributed by atoms with van der Waals surface area (Å²) in [6, 6.07) is 0. The van der Waals surface area contributed by atoms with Gasteiger partial charge in [0.2, 0.25) is 5.91 Å². The molecule has 4 heteroatoms. The summed E-state index contributed by atoms with van der Waals surface area (Å²) in [5.74, 6) is -0.835. The van der Waals surface area contributed by atoms with Crippen LogP contribution in [0, 0.1) is 11.3 Å². The average molecular weight is 239 g/mol. The number of aliphatic carboxylic acids is 1. The summed E-state index contributed by atoms with van der Waals surface area (Å²) < 4.78 is 0. The molecule has 1 N–H and O–H groups in total. The van der Waals surface area contributed by atoms with E-state index < -0.39 is 11.4 Å². The van der Waals surface area contributed by atoms with Gasteiger partial charge in [-0.3, -0.25) is 9.59 Å². The highest BCUT2D eigenvalue weighted by Crippen LogP contribution is 2.38. The largest absolute Gasteiger partial charge is 0.481 e. The molecule has 17 heavy (non-hydrogen) atoms. The number of rotatable bonds is 3. The normalized spacial score (nSPS) is 23.9. The zero-order chi connectivity index (χ0) is 13.2. The van der Waals surface area contributed by atoms with Crippen molar-refractivity contribution in [3.8, 4) is 0 Å². The third-order valence-electron chi connectivity index (χ3n) is 3.56. The van der Waals surface area contributed by atoms with E-state index in [2.05, 4.69) is 0 Å². The monoisotopic (exact) mass is 239 g/mol. The second-order valence-corrected chi connectivity index (χ2v) is 5.35. The molecule has 0 aromatic heterocycles. The van der Waals surface area contributed by atoms with Crippen molar-refractivity contribution in [1.82, 2.24) is 4.90 Å². The zero-order valence-corrected chi connectivity index (χ0v) is 11.0. The number of allylic oxidation sites excluding steroid dienone is 1. The number of amides is 1. The first-order valence-electron chi connectivity index (χ1n) is 5.97. The molecule has 0 bridgehead atoms. The van der Waals surface area contributed by atoms with Gasteiger partial charge in [-0.1, -0.05) is 19.4 Å². The SMILES string of the molecule is CC(C)=CC(=O)N1CCC(C(=O)O)(C(C)C)C1. The number of carbonyl (C=O) groups excluding carboxylic acids is 1. The van der Waals surface area contributed by atoms with E-state index >= 15 is 0 Å². The van der Waals surface area contributed by atoms with Crippen LogP contribution < -0.4 is 0 Å². The molecule has 0 spiro atoms. The Kier molecular flexibility index (Phi) is 3.96. The van der Waals surface area contributed by atoms with Crippen LogP contribution in [-0.4, -0.2) is 35.0 Å². The Morgan fingerprint density at radius 2 is 1.94 bits per heavy atom. The quantitative estimate of drug-likeness (QED) is 0.765. The van der Waals surface area contributed by atoms with Gasteiger partial charge in [0.1, 0.15) is 0 Å². The second-order valence-electron chi connectivity index (χ2n) is 5.35. The summed E-state index contributed by atoms with van der Waals surface area (Å²) >= 11 is 0. The van der Waals surface area contributed by atoms with Crippen LogP contribution in [0.25, 0.3) is 0 Å². The van der Waals surface area contributed by atoms with Crippen molar-refractivity contribution in [1.29, 1.82) is 0 Å². The summed E-state index contributed by atoms with van der Waals surface area (Å²) in [5.41, 5.74) is 0.165. The summed E-state index contributed by atoms with van der Waals surface area (Å²) in [5, 5.41) is 9.36. The van der Waals surface area contributed by atoms with Crippen molar-refractivity contribution < 1.29 is 14.7 Å². The van der Waals surface area contributed by atoms with E-state index in [-0.39, 0.29) is 11.8 Å². The van der Waals surface area contributed by atoms with Crippen LogP contribution in [-0.2, 0) is 9.59 Å². The summed E-state index contributed by atoms with van der Waals surface area (Å²) in [4.78, 5) is 24.9. The highest BCUT2D eigenvalue weighted by atomic mass is 16.4. The van der Waals surface area contributed by atoms with Crippen LogP contribution in [0.1, 0.15) is 34.1 Å². The van der Waals surface area contributed by atoms with Crippen molar-refractivity contribution in [3.63, 3.8) is 0 Å². The molecule has 4 nitrogen and oxygen atoms in total. The predicted octanol–water partition coefficient (Wildman–Crippen LogP) is 1.91. The highest BCUT2D eigenvalue weighted by molar-refractivity contribution is 5.89. The van der Waals surface area contributed by atoms with E-state index in [9.17, 15) is 14.7 Å². The van der Waals surface area contributed by atoms with Crippen molar-refractivity contribution in [2.24, 2.45) is 11.3 Å². The topological polar surface area (TPSA) is 57.6 Å². The van der Waals surface area contributed by atoms with Crippen LogP contribution in [0.15, 0.2) is 11.6 Å². The number of carboxylic acid groups (broad SMARTS) is 1. The van der Waals surface area contributed by atoms with Gasteiger partial charge in [0, 0.05) is 19.2 Å². The fourth-order valence-electron chi connectivity index (χ4n) is 2.25. The zero-order valence-electron chi connectivity index (χ0n) is 11.0. The molecule has 1 atom stereocenters. The minimum absolute atomic E-state index is 0.0319. The van der Waals surface area contributed by atoms with Gasteiger partial charge in [-0.05, 0) is 26.2 Å². The molecular formula is C13H21NO3. The van der Waals surface area contributed by atoms with Gasteiger partial charge in [-0.25, -0.2) is 0 Å². The first-order valence-corrected chi connectivity index (χ1v) is 5.97. The molecule has 0 aliphatic carbocycles. The average Bonchev–Trinajstić information content (AvgIpc) is 2.61. The first kappa shape index (κ1) is 13.7. The van der Waals surface area contributed by atoms with Crippen LogP contribution >= 0.6 is 0 Å². The van der Waals surface area contributed by atoms with Crippen molar-refractivity contribution >= 4 is 11.9 Å². The lowest BCUT2D eigenvalue weighted by molar-refractivity contribution is -0.151. The van der Waals surface area contributed by atoms with Crippen molar-refractivity contribution in [3.05, 3.63) is 11.6 Å². The van der Waals surface area contributed by atoms with E-state index in [4.69, 9.17) is 0 Å². The number of carboxylic acids is 1. The molecule has 0 aromatic carbocycles.